The van der Waals surface area contributed by atoms with Crippen LogP contribution in [0.5, 0.6) is 0 Å². The van der Waals surface area contributed by atoms with Crippen LogP contribution < -0.4 is 0 Å². The van der Waals surface area contributed by atoms with Gasteiger partial charge in [0.15, 0.2) is 0 Å². The minimum absolute atomic E-state index is 0. The SMILES string of the molecule is CC1CCC2(O)C[C@H]1C2(C)C.O. The number of aliphatic hydroxyl groups is 1. The topological polar surface area (TPSA) is 51.7 Å². The molecule has 3 aliphatic carbocycles. The molecule has 0 amide bonds. The van der Waals surface area contributed by atoms with E-state index in [0.717, 1.165) is 24.7 Å². The van der Waals surface area contributed by atoms with E-state index >= 15 is 0 Å². The van der Waals surface area contributed by atoms with Crippen LogP contribution in [0.2, 0.25) is 0 Å². The molecule has 0 saturated heterocycles. The van der Waals surface area contributed by atoms with Crippen LogP contribution in [0.25, 0.3) is 0 Å². The molecule has 12 heavy (non-hydrogen) atoms. The van der Waals surface area contributed by atoms with E-state index < -0.39 is 0 Å². The monoisotopic (exact) mass is 172 g/mol. The second-order valence-electron chi connectivity index (χ2n) is 5.08. The van der Waals surface area contributed by atoms with Crippen LogP contribution in [0.1, 0.15) is 40.0 Å². The average molecular weight is 172 g/mol. The van der Waals surface area contributed by atoms with Gasteiger partial charge in [-0.15, -0.1) is 0 Å². The maximum atomic E-state index is 10.1. The molecule has 3 aliphatic rings. The molecule has 3 fully saturated rings. The summed E-state index contributed by atoms with van der Waals surface area (Å²) in [6, 6.07) is 0. The van der Waals surface area contributed by atoms with Crippen molar-refractivity contribution in [3.63, 3.8) is 0 Å². The van der Waals surface area contributed by atoms with Gasteiger partial charge in [-0.2, -0.15) is 0 Å². The zero-order valence-corrected chi connectivity index (χ0v) is 8.22. The van der Waals surface area contributed by atoms with Gasteiger partial charge in [0.25, 0.3) is 0 Å². The Labute approximate surface area is 74.3 Å². The zero-order chi connectivity index (χ0) is 8.28. The van der Waals surface area contributed by atoms with E-state index in [1.807, 2.05) is 0 Å². The third-order valence-corrected chi connectivity index (χ3v) is 4.38. The third-order valence-electron chi connectivity index (χ3n) is 4.38. The van der Waals surface area contributed by atoms with Gasteiger partial charge in [-0.3, -0.25) is 0 Å². The van der Waals surface area contributed by atoms with E-state index in [1.165, 1.54) is 6.42 Å². The molecule has 3 saturated carbocycles. The van der Waals surface area contributed by atoms with E-state index in [2.05, 4.69) is 20.8 Å². The molecule has 3 rings (SSSR count). The first kappa shape index (κ1) is 10.0. The predicted octanol–water partition coefficient (Wildman–Crippen LogP) is 1.37. The predicted molar refractivity (Wildman–Crippen MR) is 48.8 cm³/mol. The second-order valence-corrected chi connectivity index (χ2v) is 5.08. The lowest BCUT2D eigenvalue weighted by atomic mass is 9.43. The summed E-state index contributed by atoms with van der Waals surface area (Å²) in [6.07, 6.45) is 3.31. The minimum atomic E-state index is -0.301. The van der Waals surface area contributed by atoms with E-state index in [1.54, 1.807) is 0 Å². The number of rotatable bonds is 0. The van der Waals surface area contributed by atoms with Crippen LogP contribution in [-0.4, -0.2) is 16.2 Å². The lowest BCUT2D eigenvalue weighted by molar-refractivity contribution is -0.241. The van der Waals surface area contributed by atoms with Gasteiger partial charge in [0.05, 0.1) is 5.60 Å². The summed E-state index contributed by atoms with van der Waals surface area (Å²) in [7, 11) is 0. The fourth-order valence-electron chi connectivity index (χ4n) is 3.10. The molecule has 0 aromatic heterocycles. The molecule has 2 unspecified atom stereocenters. The van der Waals surface area contributed by atoms with Gasteiger partial charge in [0, 0.05) is 0 Å². The van der Waals surface area contributed by atoms with Crippen molar-refractivity contribution >= 4 is 0 Å². The minimum Gasteiger partial charge on any atom is -0.412 e. The van der Waals surface area contributed by atoms with Crippen molar-refractivity contribution in [2.75, 3.05) is 0 Å². The first-order valence-corrected chi connectivity index (χ1v) is 4.70. The van der Waals surface area contributed by atoms with Crippen LogP contribution in [0.15, 0.2) is 0 Å². The van der Waals surface area contributed by atoms with E-state index in [0.29, 0.717) is 0 Å². The number of hydrogen-bond acceptors (Lipinski definition) is 1. The molecule has 2 heteroatoms. The Bertz CT molecular complexity index is 184. The Balaban J connectivity index is 0.000000720. The number of hydrogen-bond donors (Lipinski definition) is 1. The summed E-state index contributed by atoms with van der Waals surface area (Å²) in [4.78, 5) is 0. The first-order chi connectivity index (χ1) is 4.97. The third kappa shape index (κ3) is 0.882. The highest BCUT2D eigenvalue weighted by Gasteiger charge is 2.62. The smallest absolute Gasteiger partial charge is 0.0704 e. The molecule has 72 valence electrons. The van der Waals surface area contributed by atoms with Crippen LogP contribution in [-0.2, 0) is 0 Å². The summed E-state index contributed by atoms with van der Waals surface area (Å²) >= 11 is 0. The zero-order valence-electron chi connectivity index (χ0n) is 8.22. The molecule has 3 atom stereocenters. The van der Waals surface area contributed by atoms with E-state index in [-0.39, 0.29) is 16.5 Å². The van der Waals surface area contributed by atoms with Crippen molar-refractivity contribution in [3.8, 4) is 0 Å². The summed E-state index contributed by atoms with van der Waals surface area (Å²) in [5.74, 6) is 1.61. The van der Waals surface area contributed by atoms with Crippen LogP contribution in [0, 0.1) is 17.3 Å². The molecule has 3 N–H and O–H groups in total. The Morgan fingerprint density at radius 2 is 1.92 bits per heavy atom. The molecule has 0 aliphatic heterocycles. The lowest BCUT2D eigenvalue weighted by Gasteiger charge is -2.65. The Hall–Kier alpha value is -0.0800. The molecule has 0 radical (unpaired) electrons. The largest absolute Gasteiger partial charge is 0.412 e. The van der Waals surface area contributed by atoms with Gasteiger partial charge in [-0.1, -0.05) is 20.8 Å². The van der Waals surface area contributed by atoms with Crippen LogP contribution in [0.3, 0.4) is 0 Å². The van der Waals surface area contributed by atoms with E-state index in [4.69, 9.17) is 0 Å². The van der Waals surface area contributed by atoms with Gasteiger partial charge in [0.2, 0.25) is 0 Å². The normalized spacial score (nSPS) is 49.0. The molecule has 0 spiro atoms. The highest BCUT2D eigenvalue weighted by Crippen LogP contribution is 2.63. The summed E-state index contributed by atoms with van der Waals surface area (Å²) in [6.45, 7) is 6.76. The van der Waals surface area contributed by atoms with Crippen LogP contribution in [0.4, 0.5) is 0 Å². The molecule has 0 aromatic rings. The van der Waals surface area contributed by atoms with Crippen molar-refractivity contribution in [2.45, 2.75) is 45.6 Å². The van der Waals surface area contributed by atoms with Gasteiger partial charge in [-0.25, -0.2) is 0 Å². The van der Waals surface area contributed by atoms with Gasteiger partial charge in [-0.05, 0) is 36.5 Å². The van der Waals surface area contributed by atoms with Gasteiger partial charge >= 0.3 is 0 Å². The first-order valence-electron chi connectivity index (χ1n) is 4.70. The summed E-state index contributed by atoms with van der Waals surface area (Å²) < 4.78 is 0. The maximum Gasteiger partial charge on any atom is 0.0704 e. The fraction of sp³-hybridized carbons (Fsp3) is 1.00. The highest BCUT2D eigenvalue weighted by molar-refractivity contribution is 5.13. The van der Waals surface area contributed by atoms with Crippen molar-refractivity contribution in [2.24, 2.45) is 17.3 Å². The lowest BCUT2D eigenvalue weighted by Crippen LogP contribution is -2.65. The molecule has 0 aromatic carbocycles. The Morgan fingerprint density at radius 3 is 2.25 bits per heavy atom. The second kappa shape index (κ2) is 2.46. The summed E-state index contributed by atoms with van der Waals surface area (Å²) in [5, 5.41) is 10.1. The Morgan fingerprint density at radius 1 is 1.33 bits per heavy atom. The standard InChI is InChI=1S/C10H18O.H2O/c1-7-4-5-10(11)6-8(7)9(10,2)3;/h7-8,11H,4-6H2,1-3H3;1H2/t7?,8-,10?;/m1./s1. The highest BCUT2D eigenvalue weighted by atomic mass is 16.3. The van der Waals surface area contributed by atoms with E-state index in [9.17, 15) is 5.11 Å². The average Bonchev–Trinajstić information content (AvgIpc) is 1.94. The fourth-order valence-corrected chi connectivity index (χ4v) is 3.10. The maximum absolute atomic E-state index is 10.1. The molecule has 2 bridgehead atoms. The van der Waals surface area contributed by atoms with Crippen molar-refractivity contribution < 1.29 is 10.6 Å². The van der Waals surface area contributed by atoms with Gasteiger partial charge < -0.3 is 10.6 Å². The molecule has 0 heterocycles. The van der Waals surface area contributed by atoms with Crippen LogP contribution >= 0.6 is 0 Å². The molecular formula is C10H20O2. The van der Waals surface area contributed by atoms with Crippen molar-refractivity contribution in [3.05, 3.63) is 0 Å². The van der Waals surface area contributed by atoms with Crippen molar-refractivity contribution in [1.82, 2.24) is 0 Å². The Kier molecular flexibility index (Phi) is 2.05. The quantitative estimate of drug-likeness (QED) is 0.589. The molecular weight excluding hydrogens is 152 g/mol. The van der Waals surface area contributed by atoms with Crippen molar-refractivity contribution in [1.29, 1.82) is 0 Å². The summed E-state index contributed by atoms with van der Waals surface area (Å²) in [5.41, 5.74) is -0.102. The van der Waals surface area contributed by atoms with Gasteiger partial charge in [0.1, 0.15) is 0 Å². The molecule has 2 nitrogen and oxygen atoms in total. The number of fused-ring (bicyclic) bond motifs is 2.